The number of rotatable bonds is 2. The lowest BCUT2D eigenvalue weighted by Gasteiger charge is -2.33. The Morgan fingerprint density at radius 2 is 1.90 bits per heavy atom. The van der Waals surface area contributed by atoms with E-state index in [-0.39, 0.29) is 12.3 Å². The molecule has 5 nitrogen and oxygen atoms in total. The third-order valence-electron chi connectivity index (χ3n) is 3.52. The Kier molecular flexibility index (Phi) is 3.83. The highest BCUT2D eigenvalue weighted by molar-refractivity contribution is 6.08. The van der Waals surface area contributed by atoms with Crippen molar-refractivity contribution in [3.8, 4) is 0 Å². The van der Waals surface area contributed by atoms with Gasteiger partial charge in [-0.05, 0) is 17.7 Å². The van der Waals surface area contributed by atoms with Crippen LogP contribution in [0.25, 0.3) is 0 Å². The van der Waals surface area contributed by atoms with Crippen LogP contribution in [0.15, 0.2) is 24.3 Å². The number of methoxy groups -OCH3 is 1. The van der Waals surface area contributed by atoms with Gasteiger partial charge in [0.15, 0.2) is 0 Å². The molecule has 0 spiro atoms. The number of imide groups is 1. The van der Waals surface area contributed by atoms with E-state index in [0.717, 1.165) is 4.90 Å². The van der Waals surface area contributed by atoms with E-state index in [1.165, 1.54) is 38.4 Å². The number of benzene rings is 1. The zero-order valence-corrected chi connectivity index (χ0v) is 11.1. The number of halogens is 1. The molecule has 20 heavy (non-hydrogen) atoms. The van der Waals surface area contributed by atoms with Crippen molar-refractivity contribution < 1.29 is 23.5 Å². The molecular weight excluding hydrogens is 265 g/mol. The number of hydrogen-bond donors (Lipinski definition) is 0. The van der Waals surface area contributed by atoms with Crippen molar-refractivity contribution in [3.05, 3.63) is 35.6 Å². The molecule has 106 valence electrons. The Bertz CT molecular complexity index is 555. The molecule has 0 bridgehead atoms. The molecular formula is C14H14FNO4. The number of ether oxygens (including phenoxy) is 1. The van der Waals surface area contributed by atoms with Gasteiger partial charge < -0.3 is 4.74 Å². The van der Waals surface area contributed by atoms with Crippen molar-refractivity contribution in [3.63, 3.8) is 0 Å². The van der Waals surface area contributed by atoms with Gasteiger partial charge in [0.25, 0.3) is 0 Å². The molecule has 1 aliphatic heterocycles. The standard InChI is InChI=1S/C14H14FNO4/c1-16-11(17)7-10(8-3-5-9(15)6-4-8)12(13(16)18)14(19)20-2/h3-6,10,12H,7H2,1-2H3/t10?,12-/m0/s1. The van der Waals surface area contributed by atoms with E-state index in [1.54, 1.807) is 0 Å². The molecule has 2 amide bonds. The van der Waals surface area contributed by atoms with Crippen LogP contribution in [0.2, 0.25) is 0 Å². The predicted molar refractivity (Wildman–Crippen MR) is 67.0 cm³/mol. The van der Waals surface area contributed by atoms with Gasteiger partial charge in [-0.1, -0.05) is 12.1 Å². The fourth-order valence-corrected chi connectivity index (χ4v) is 2.36. The third kappa shape index (κ3) is 2.41. The second-order valence-corrected chi connectivity index (χ2v) is 4.65. The molecule has 0 aromatic heterocycles. The Labute approximate surface area is 115 Å². The van der Waals surface area contributed by atoms with E-state index in [4.69, 9.17) is 0 Å². The molecule has 0 aliphatic carbocycles. The molecule has 1 saturated heterocycles. The lowest BCUT2D eigenvalue weighted by Crippen LogP contribution is -2.49. The van der Waals surface area contributed by atoms with Crippen molar-refractivity contribution in [2.24, 2.45) is 5.92 Å². The fraction of sp³-hybridized carbons (Fsp3) is 0.357. The minimum atomic E-state index is -1.08. The van der Waals surface area contributed by atoms with Gasteiger partial charge in [0.2, 0.25) is 11.8 Å². The van der Waals surface area contributed by atoms with Gasteiger partial charge in [0, 0.05) is 19.4 Å². The summed E-state index contributed by atoms with van der Waals surface area (Å²) in [6.07, 6.45) is 0.00758. The van der Waals surface area contributed by atoms with Crippen LogP contribution in [0.4, 0.5) is 4.39 Å². The number of carbonyl (C=O) groups excluding carboxylic acids is 3. The SMILES string of the molecule is COC(=O)[C@@H]1C(=O)N(C)C(=O)CC1c1ccc(F)cc1. The molecule has 1 aromatic rings. The number of carbonyl (C=O) groups is 3. The number of piperidine rings is 1. The van der Waals surface area contributed by atoms with E-state index >= 15 is 0 Å². The van der Waals surface area contributed by atoms with Gasteiger partial charge in [0.1, 0.15) is 11.7 Å². The largest absolute Gasteiger partial charge is 0.468 e. The van der Waals surface area contributed by atoms with E-state index < -0.39 is 29.5 Å². The maximum atomic E-state index is 13.0. The van der Waals surface area contributed by atoms with Crippen LogP contribution in [-0.4, -0.2) is 36.8 Å². The Morgan fingerprint density at radius 1 is 1.30 bits per heavy atom. The molecule has 1 aromatic carbocycles. The summed E-state index contributed by atoms with van der Waals surface area (Å²) in [5, 5.41) is 0. The van der Waals surface area contributed by atoms with Crippen molar-refractivity contribution in [2.75, 3.05) is 14.2 Å². The van der Waals surface area contributed by atoms with Gasteiger partial charge in [-0.15, -0.1) is 0 Å². The van der Waals surface area contributed by atoms with E-state index in [2.05, 4.69) is 4.74 Å². The third-order valence-corrected chi connectivity index (χ3v) is 3.52. The number of likely N-dealkylation sites (tertiary alicyclic amines) is 1. The summed E-state index contributed by atoms with van der Waals surface area (Å²) in [5.74, 6) is -3.78. The molecule has 0 saturated carbocycles. The van der Waals surface area contributed by atoms with Gasteiger partial charge >= 0.3 is 5.97 Å². The highest BCUT2D eigenvalue weighted by Crippen LogP contribution is 2.34. The average molecular weight is 279 g/mol. The molecule has 1 heterocycles. The Morgan fingerprint density at radius 3 is 2.45 bits per heavy atom. The summed E-state index contributed by atoms with van der Waals surface area (Å²) in [6.45, 7) is 0. The second-order valence-electron chi connectivity index (χ2n) is 4.65. The smallest absolute Gasteiger partial charge is 0.318 e. The van der Waals surface area contributed by atoms with Crippen LogP contribution in [-0.2, 0) is 19.1 Å². The number of esters is 1. The van der Waals surface area contributed by atoms with Crippen LogP contribution in [0.3, 0.4) is 0 Å². The molecule has 1 unspecified atom stereocenters. The highest BCUT2D eigenvalue weighted by Gasteiger charge is 2.45. The van der Waals surface area contributed by atoms with Crippen LogP contribution in [0.1, 0.15) is 17.9 Å². The van der Waals surface area contributed by atoms with Gasteiger partial charge in [-0.3, -0.25) is 19.3 Å². The van der Waals surface area contributed by atoms with Crippen molar-refractivity contribution in [2.45, 2.75) is 12.3 Å². The summed E-state index contributed by atoms with van der Waals surface area (Å²) in [5.41, 5.74) is 0.566. The van der Waals surface area contributed by atoms with Gasteiger partial charge in [-0.25, -0.2) is 4.39 Å². The summed E-state index contributed by atoms with van der Waals surface area (Å²) >= 11 is 0. The summed E-state index contributed by atoms with van der Waals surface area (Å²) < 4.78 is 17.6. The summed E-state index contributed by atoms with van der Waals surface area (Å²) in [4.78, 5) is 36.7. The first-order chi connectivity index (χ1) is 9.45. The maximum absolute atomic E-state index is 13.0. The van der Waals surface area contributed by atoms with E-state index in [1.807, 2.05) is 0 Å². The van der Waals surface area contributed by atoms with Crippen molar-refractivity contribution in [1.29, 1.82) is 0 Å². The number of hydrogen-bond acceptors (Lipinski definition) is 4. The quantitative estimate of drug-likeness (QED) is 0.462. The van der Waals surface area contributed by atoms with Crippen LogP contribution < -0.4 is 0 Å². The lowest BCUT2D eigenvalue weighted by atomic mass is 9.79. The lowest BCUT2D eigenvalue weighted by molar-refractivity contribution is -0.160. The van der Waals surface area contributed by atoms with Crippen LogP contribution in [0.5, 0.6) is 0 Å². The minimum Gasteiger partial charge on any atom is -0.468 e. The van der Waals surface area contributed by atoms with Crippen molar-refractivity contribution >= 4 is 17.8 Å². The van der Waals surface area contributed by atoms with E-state index in [0.29, 0.717) is 5.56 Å². The molecule has 1 fully saturated rings. The molecule has 2 rings (SSSR count). The Balaban J connectivity index is 2.41. The first-order valence-electron chi connectivity index (χ1n) is 6.09. The van der Waals surface area contributed by atoms with Crippen LogP contribution in [0, 0.1) is 11.7 Å². The van der Waals surface area contributed by atoms with Gasteiger partial charge in [0.05, 0.1) is 7.11 Å². The zero-order valence-electron chi connectivity index (χ0n) is 11.1. The normalized spacial score (nSPS) is 22.9. The Hall–Kier alpha value is -2.24. The molecule has 6 heteroatoms. The van der Waals surface area contributed by atoms with Gasteiger partial charge in [-0.2, -0.15) is 0 Å². The minimum absolute atomic E-state index is 0.00758. The molecule has 0 radical (unpaired) electrons. The molecule has 2 atom stereocenters. The van der Waals surface area contributed by atoms with Crippen molar-refractivity contribution in [1.82, 2.24) is 4.90 Å². The summed E-state index contributed by atoms with van der Waals surface area (Å²) in [6, 6.07) is 5.41. The van der Waals surface area contributed by atoms with Crippen LogP contribution >= 0.6 is 0 Å². The zero-order chi connectivity index (χ0) is 14.9. The van der Waals surface area contributed by atoms with E-state index in [9.17, 15) is 18.8 Å². The fourth-order valence-electron chi connectivity index (χ4n) is 2.36. The highest BCUT2D eigenvalue weighted by atomic mass is 19.1. The monoisotopic (exact) mass is 279 g/mol. The molecule has 0 N–H and O–H groups in total. The first kappa shape index (κ1) is 14.2. The topological polar surface area (TPSA) is 63.7 Å². The number of nitrogens with zero attached hydrogens (tertiary/aromatic N) is 1. The maximum Gasteiger partial charge on any atom is 0.318 e. The predicted octanol–water partition coefficient (Wildman–Crippen LogP) is 1.09. The molecule has 1 aliphatic rings. The average Bonchev–Trinajstić information content (AvgIpc) is 2.44. The second kappa shape index (κ2) is 5.40. The summed E-state index contributed by atoms with van der Waals surface area (Å²) in [7, 11) is 2.52. The first-order valence-corrected chi connectivity index (χ1v) is 6.09. The number of amides is 2.